The zero-order valence-corrected chi connectivity index (χ0v) is 25.1. The van der Waals surface area contributed by atoms with Crippen LogP contribution in [0, 0.1) is 5.92 Å². The summed E-state index contributed by atoms with van der Waals surface area (Å²) in [6.07, 6.45) is 5.81. The maximum absolute atomic E-state index is 4.25. The van der Waals surface area contributed by atoms with Gasteiger partial charge in [-0.05, 0) is 11.1 Å². The molecule has 165 valence electrons. The second kappa shape index (κ2) is 11.7. The van der Waals surface area contributed by atoms with Crippen molar-refractivity contribution < 1.29 is 20.9 Å². The molecule has 0 saturated heterocycles. The topological polar surface area (TPSA) is 12.0 Å². The number of rotatable bonds is 5. The third-order valence-corrected chi connectivity index (χ3v) is 32.2. The summed E-state index contributed by atoms with van der Waals surface area (Å²) < 4.78 is 6.19. The summed E-state index contributed by atoms with van der Waals surface area (Å²) in [5.41, 5.74) is 7.49. The van der Waals surface area contributed by atoms with Crippen molar-refractivity contribution in [3.05, 3.63) is 80.7 Å². The molecule has 2 aliphatic carbocycles. The van der Waals surface area contributed by atoms with Crippen LogP contribution in [0.2, 0.25) is 13.1 Å². The SMILES string of the molecule is CC1=C(C)C(C)[C]([Hf]([NH]C2CCCC2)[SiH](C)C)=C1C.c1ccc(-c2ccccc2)cc1. The van der Waals surface area contributed by atoms with Gasteiger partial charge in [0.05, 0.1) is 0 Å². The summed E-state index contributed by atoms with van der Waals surface area (Å²) in [6.45, 7) is 14.8. The first kappa shape index (κ1) is 24.6. The van der Waals surface area contributed by atoms with Gasteiger partial charge in [0.1, 0.15) is 0 Å². The fourth-order valence-corrected chi connectivity index (χ4v) is 29.7. The molecule has 1 fully saturated rings. The Bertz CT molecular complexity index is 858. The van der Waals surface area contributed by atoms with E-state index < -0.39 is 26.9 Å². The van der Waals surface area contributed by atoms with Gasteiger partial charge >= 0.3 is 129 Å². The molecule has 1 saturated carbocycles. The Morgan fingerprint density at radius 2 is 1.26 bits per heavy atom. The van der Waals surface area contributed by atoms with Gasteiger partial charge in [0.2, 0.25) is 0 Å². The van der Waals surface area contributed by atoms with Gasteiger partial charge in [-0.25, -0.2) is 0 Å². The van der Waals surface area contributed by atoms with Gasteiger partial charge in [0.15, 0.2) is 0 Å². The first-order valence-electron chi connectivity index (χ1n) is 12.0. The van der Waals surface area contributed by atoms with Crippen LogP contribution in [0.4, 0.5) is 0 Å². The van der Waals surface area contributed by atoms with E-state index in [4.69, 9.17) is 0 Å². The number of benzene rings is 2. The van der Waals surface area contributed by atoms with Crippen molar-refractivity contribution in [2.45, 2.75) is 72.5 Å². The minimum absolute atomic E-state index is 0.509. The quantitative estimate of drug-likeness (QED) is 0.350. The summed E-state index contributed by atoms with van der Waals surface area (Å²) in [6, 6.07) is 21.7. The monoisotopic (exact) mass is 598 g/mol. The Hall–Kier alpha value is -1.03. The van der Waals surface area contributed by atoms with Gasteiger partial charge in [0.25, 0.3) is 0 Å². The summed E-state index contributed by atoms with van der Waals surface area (Å²) in [7, 11) is 0. The van der Waals surface area contributed by atoms with Crippen molar-refractivity contribution in [1.82, 2.24) is 3.30 Å². The van der Waals surface area contributed by atoms with Crippen molar-refractivity contribution in [2.24, 2.45) is 5.92 Å². The summed E-state index contributed by atoms with van der Waals surface area (Å²) in [5.74, 6) is 0.247. The summed E-state index contributed by atoms with van der Waals surface area (Å²) in [5, 5.41) is 0. The molecule has 2 aromatic rings. The maximum atomic E-state index is 4.25. The van der Waals surface area contributed by atoms with Crippen LogP contribution in [0.5, 0.6) is 0 Å². The second-order valence-corrected chi connectivity index (χ2v) is 34.9. The Morgan fingerprint density at radius 3 is 1.65 bits per heavy atom. The van der Waals surface area contributed by atoms with E-state index in [1.807, 2.05) is 15.5 Å². The van der Waals surface area contributed by atoms with Crippen molar-refractivity contribution >= 4 is 5.98 Å². The molecule has 0 spiro atoms. The van der Waals surface area contributed by atoms with Gasteiger partial charge in [-0.15, -0.1) is 0 Å². The number of hydrogen-bond acceptors (Lipinski definition) is 1. The number of nitrogens with one attached hydrogen (secondary N) is 1. The van der Waals surface area contributed by atoms with Gasteiger partial charge < -0.3 is 0 Å². The Labute approximate surface area is 199 Å². The van der Waals surface area contributed by atoms with Crippen molar-refractivity contribution in [1.29, 1.82) is 0 Å². The van der Waals surface area contributed by atoms with Gasteiger partial charge in [-0.3, -0.25) is 0 Å². The molecule has 0 aromatic heterocycles. The van der Waals surface area contributed by atoms with Crippen LogP contribution in [0.25, 0.3) is 11.1 Å². The molecule has 0 heterocycles. The number of allylic oxidation sites excluding steroid dienone is 4. The van der Waals surface area contributed by atoms with E-state index >= 15 is 0 Å². The summed E-state index contributed by atoms with van der Waals surface area (Å²) in [4.78, 5) is 0. The average Bonchev–Trinajstić information content (AvgIpc) is 3.37. The predicted molar refractivity (Wildman–Crippen MR) is 136 cm³/mol. The fourth-order valence-electron chi connectivity index (χ4n) is 4.91. The van der Waals surface area contributed by atoms with Crippen molar-refractivity contribution in [3.63, 3.8) is 0 Å². The molecule has 1 N–H and O–H groups in total. The van der Waals surface area contributed by atoms with E-state index in [0.29, 0.717) is 0 Å². The smallest absolute Gasteiger partial charge is 0.0184 e. The molecule has 0 aliphatic heterocycles. The molecule has 2 aliphatic rings. The normalized spacial score (nSPS) is 19.1. The fraction of sp³-hybridized carbons (Fsp3) is 0.429. The Balaban J connectivity index is 0.000000194. The molecule has 2 aromatic carbocycles. The zero-order valence-electron chi connectivity index (χ0n) is 20.3. The largest absolute Gasteiger partial charge is 0.0622 e. The van der Waals surface area contributed by atoms with Crippen LogP contribution in [0.15, 0.2) is 80.7 Å². The van der Waals surface area contributed by atoms with E-state index in [2.05, 4.69) is 92.6 Å². The molecule has 0 radical (unpaired) electrons. The standard InChI is InChI=1S/C12H10.C9H13.C5H10N.C2H7Si.Hf/c1-3-7-11(8-4-1)12-9-5-2-6-10-12;1-6-5-7(2)9(4)8(6)3;6-5-3-1-2-4-5;1-3-2;/h1-10H;6H,1-4H3;5-6H,1-4H2;3H,1-2H3;/q;;-1;;+1. The molecule has 1 unspecified atom stereocenters. The first-order chi connectivity index (χ1) is 14.9. The van der Waals surface area contributed by atoms with Crippen LogP contribution in [0.1, 0.15) is 53.4 Å². The summed E-state index contributed by atoms with van der Waals surface area (Å²) >= 11 is -1.72. The van der Waals surface area contributed by atoms with Crippen LogP contribution < -0.4 is 3.30 Å². The van der Waals surface area contributed by atoms with Crippen LogP contribution >= 0.6 is 0 Å². The Morgan fingerprint density at radius 1 is 0.774 bits per heavy atom. The van der Waals surface area contributed by atoms with E-state index in [-0.39, 0.29) is 0 Å². The van der Waals surface area contributed by atoms with Gasteiger partial charge in [-0.1, -0.05) is 60.7 Å². The van der Waals surface area contributed by atoms with Crippen LogP contribution in [0.3, 0.4) is 0 Å². The average molecular weight is 597 g/mol. The van der Waals surface area contributed by atoms with Crippen molar-refractivity contribution in [2.75, 3.05) is 0 Å². The van der Waals surface area contributed by atoms with E-state index in [1.54, 1.807) is 16.7 Å². The molecule has 0 amide bonds. The van der Waals surface area contributed by atoms with Gasteiger partial charge in [0, 0.05) is 0 Å². The van der Waals surface area contributed by atoms with Gasteiger partial charge in [-0.2, -0.15) is 0 Å². The molecule has 0 bridgehead atoms. The third-order valence-electron chi connectivity index (χ3n) is 7.10. The predicted octanol–water partition coefficient (Wildman–Crippen LogP) is 7.65. The minimum atomic E-state index is -1.72. The number of hydrogen-bond donors (Lipinski definition) is 1. The maximum Gasteiger partial charge on any atom is -0.0184 e. The molecule has 1 atom stereocenters. The van der Waals surface area contributed by atoms with Crippen LogP contribution in [-0.2, 0) is 20.9 Å². The second-order valence-electron chi connectivity index (χ2n) is 9.49. The van der Waals surface area contributed by atoms with Crippen LogP contribution in [-0.4, -0.2) is 12.0 Å². The molecular formula is C28H40HfNSi. The molecule has 1 nitrogen and oxygen atoms in total. The van der Waals surface area contributed by atoms with E-state index in [9.17, 15) is 0 Å². The Kier molecular flexibility index (Phi) is 9.30. The zero-order chi connectivity index (χ0) is 22.4. The van der Waals surface area contributed by atoms with E-state index in [1.165, 1.54) is 36.8 Å². The molecular weight excluding hydrogens is 557 g/mol. The minimum Gasteiger partial charge on any atom is -0.0622 e. The molecule has 3 heteroatoms. The van der Waals surface area contributed by atoms with Crippen molar-refractivity contribution in [3.8, 4) is 11.1 Å². The molecule has 31 heavy (non-hydrogen) atoms. The third kappa shape index (κ3) is 6.27. The first-order valence-corrected chi connectivity index (χ1v) is 24.7. The molecule has 4 rings (SSSR count). The van der Waals surface area contributed by atoms with E-state index in [0.717, 1.165) is 12.0 Å².